The topological polar surface area (TPSA) is 186 Å². The van der Waals surface area contributed by atoms with Gasteiger partial charge < -0.3 is 30.5 Å². The number of nitrogens with two attached hydrogens (primary N) is 1. The number of fused-ring (bicyclic) bond motifs is 1. The predicted octanol–water partition coefficient (Wildman–Crippen LogP) is -1.10. The van der Waals surface area contributed by atoms with E-state index in [2.05, 4.69) is 35.4 Å². The Hall–Kier alpha value is -1.18. The highest BCUT2D eigenvalue weighted by atomic mass is 79.9. The maximum Gasteiger partial charge on any atom is 0.469 e. The van der Waals surface area contributed by atoms with E-state index in [-0.39, 0.29) is 11.6 Å². The minimum atomic E-state index is -4.73. The molecule has 1 aliphatic heterocycles. The molecule has 12 nitrogen and oxygen atoms in total. The number of aromatic nitrogens is 4. The Labute approximate surface area is 142 Å². The van der Waals surface area contributed by atoms with Crippen molar-refractivity contribution in [3.05, 3.63) is 10.9 Å². The number of anilines is 1. The number of rotatable bonds is 4. The van der Waals surface area contributed by atoms with Crippen LogP contribution in [0.1, 0.15) is 6.23 Å². The van der Waals surface area contributed by atoms with Crippen LogP contribution in [-0.4, -0.2) is 64.4 Å². The maximum absolute atomic E-state index is 10.8. The lowest BCUT2D eigenvalue weighted by atomic mass is 10.1. The van der Waals surface area contributed by atoms with Crippen molar-refractivity contribution in [1.29, 1.82) is 0 Å². The number of nitrogens with zero attached hydrogens (tertiary/aromatic N) is 4. The number of hydrogen-bond acceptors (Lipinski definition) is 9. The fourth-order valence-electron chi connectivity index (χ4n) is 2.35. The minimum absolute atomic E-state index is 0.0365. The van der Waals surface area contributed by atoms with Gasteiger partial charge in [-0.3, -0.25) is 9.09 Å². The van der Waals surface area contributed by atoms with Crippen LogP contribution in [0.3, 0.4) is 0 Å². The van der Waals surface area contributed by atoms with Crippen LogP contribution < -0.4 is 5.73 Å². The molecular weight excluding hydrogens is 413 g/mol. The summed E-state index contributed by atoms with van der Waals surface area (Å²) in [5.74, 6) is -0.0365. The Morgan fingerprint density at radius 2 is 2.08 bits per heavy atom. The van der Waals surface area contributed by atoms with Crippen LogP contribution >= 0.6 is 23.8 Å². The lowest BCUT2D eigenvalue weighted by Crippen LogP contribution is -2.33. The van der Waals surface area contributed by atoms with Crippen molar-refractivity contribution in [3.8, 4) is 0 Å². The number of aliphatic hydroxyl groups excluding tert-OH is 2. The van der Waals surface area contributed by atoms with E-state index in [9.17, 15) is 14.8 Å². The molecule has 0 aromatic carbocycles. The van der Waals surface area contributed by atoms with Crippen LogP contribution in [0, 0.1) is 0 Å². The molecule has 0 amide bonds. The second-order valence-corrected chi connectivity index (χ2v) is 7.02. The Morgan fingerprint density at radius 1 is 1.38 bits per heavy atom. The van der Waals surface area contributed by atoms with Crippen molar-refractivity contribution in [3.63, 3.8) is 0 Å². The average molecular weight is 426 g/mol. The van der Waals surface area contributed by atoms with Gasteiger partial charge in [0.1, 0.15) is 28.4 Å². The second-order valence-electron chi connectivity index (χ2n) is 5.03. The van der Waals surface area contributed by atoms with E-state index in [1.165, 1.54) is 10.9 Å². The van der Waals surface area contributed by atoms with Crippen LogP contribution in [0.2, 0.25) is 0 Å². The number of hydrogen-bond donors (Lipinski definition) is 5. The molecule has 0 saturated carbocycles. The molecule has 0 aliphatic carbocycles. The van der Waals surface area contributed by atoms with Gasteiger partial charge in [0.25, 0.3) is 0 Å². The average Bonchev–Trinajstić information content (AvgIpc) is 3.00. The fraction of sp³-hybridized carbons (Fsp3) is 0.500. The van der Waals surface area contributed by atoms with Crippen molar-refractivity contribution in [2.75, 3.05) is 12.3 Å². The SMILES string of the molecule is Nc1nc(Br)c2ncn([C@@H]3O[C@H](COP(=O)(O)O)[C@@H](O)[C@H]3O)c2n1. The van der Waals surface area contributed by atoms with Gasteiger partial charge in [-0.1, -0.05) is 0 Å². The molecule has 1 saturated heterocycles. The summed E-state index contributed by atoms with van der Waals surface area (Å²) in [7, 11) is -4.73. The third-order valence-electron chi connectivity index (χ3n) is 3.41. The Morgan fingerprint density at radius 3 is 2.75 bits per heavy atom. The summed E-state index contributed by atoms with van der Waals surface area (Å²) in [5, 5.41) is 20.2. The molecule has 2 aromatic heterocycles. The van der Waals surface area contributed by atoms with Gasteiger partial charge in [-0.05, 0) is 15.9 Å². The quantitative estimate of drug-likeness (QED) is 0.295. The van der Waals surface area contributed by atoms with E-state index in [1.54, 1.807) is 0 Å². The van der Waals surface area contributed by atoms with Gasteiger partial charge >= 0.3 is 7.82 Å². The zero-order valence-corrected chi connectivity index (χ0v) is 14.3. The molecule has 132 valence electrons. The molecule has 1 fully saturated rings. The van der Waals surface area contributed by atoms with Gasteiger partial charge in [-0.2, -0.15) is 4.98 Å². The molecule has 24 heavy (non-hydrogen) atoms. The molecule has 0 radical (unpaired) electrons. The first-order valence-electron chi connectivity index (χ1n) is 6.54. The molecule has 2 aromatic rings. The van der Waals surface area contributed by atoms with Crippen LogP contribution in [0.5, 0.6) is 0 Å². The van der Waals surface area contributed by atoms with E-state index in [0.29, 0.717) is 10.1 Å². The molecule has 4 atom stereocenters. The summed E-state index contributed by atoms with van der Waals surface area (Å²) in [6, 6.07) is 0. The summed E-state index contributed by atoms with van der Waals surface area (Å²) < 4.78 is 22.2. The number of phosphoric ester groups is 1. The molecule has 0 unspecified atom stereocenters. The lowest BCUT2D eigenvalue weighted by Gasteiger charge is -2.16. The van der Waals surface area contributed by atoms with Gasteiger partial charge in [-0.25, -0.2) is 14.5 Å². The predicted molar refractivity (Wildman–Crippen MR) is 81.4 cm³/mol. The van der Waals surface area contributed by atoms with Crippen LogP contribution in [0.25, 0.3) is 11.2 Å². The van der Waals surface area contributed by atoms with Gasteiger partial charge in [0.15, 0.2) is 11.9 Å². The van der Waals surface area contributed by atoms with Gasteiger partial charge in [0.2, 0.25) is 5.95 Å². The summed E-state index contributed by atoms with van der Waals surface area (Å²) in [6.45, 7) is -0.605. The first-order valence-corrected chi connectivity index (χ1v) is 8.87. The van der Waals surface area contributed by atoms with Crippen LogP contribution in [0.4, 0.5) is 5.95 Å². The highest BCUT2D eigenvalue weighted by Gasteiger charge is 2.45. The van der Waals surface area contributed by atoms with Crippen molar-refractivity contribution >= 4 is 40.9 Å². The Balaban J connectivity index is 1.89. The van der Waals surface area contributed by atoms with Crippen molar-refractivity contribution in [2.45, 2.75) is 24.5 Å². The van der Waals surface area contributed by atoms with Gasteiger partial charge in [-0.15, -0.1) is 0 Å². The van der Waals surface area contributed by atoms with E-state index >= 15 is 0 Å². The molecule has 6 N–H and O–H groups in total. The minimum Gasteiger partial charge on any atom is -0.387 e. The molecular formula is C10H13BrN5O7P. The normalized spacial score (nSPS) is 27.9. The molecule has 3 heterocycles. The van der Waals surface area contributed by atoms with Gasteiger partial charge in [0.05, 0.1) is 12.9 Å². The summed E-state index contributed by atoms with van der Waals surface area (Å²) in [6.07, 6.45) is -3.77. The Bertz CT molecular complexity index is 812. The monoisotopic (exact) mass is 425 g/mol. The third kappa shape index (κ3) is 3.30. The zero-order chi connectivity index (χ0) is 17.6. The van der Waals surface area contributed by atoms with E-state index in [4.69, 9.17) is 20.3 Å². The number of imidazole rings is 1. The van der Waals surface area contributed by atoms with Gasteiger partial charge in [0, 0.05) is 0 Å². The lowest BCUT2D eigenvalue weighted by molar-refractivity contribution is -0.0503. The standard InChI is InChI=1S/C10H13BrN5O7P/c11-7-4-8(15-10(12)14-7)16(2-13-4)9-6(18)5(17)3(23-9)1-22-24(19,20)21/h2-3,5-6,9,17-18H,1H2,(H2,12,14,15)(H2,19,20,21)/t3-,5-,6-,9-/m1/s1. The maximum atomic E-state index is 10.8. The van der Waals surface area contributed by atoms with Crippen LogP contribution in [-0.2, 0) is 13.8 Å². The molecule has 1 aliphatic rings. The first-order chi connectivity index (χ1) is 11.2. The highest BCUT2D eigenvalue weighted by Crippen LogP contribution is 2.39. The van der Waals surface area contributed by atoms with Crippen molar-refractivity contribution in [2.24, 2.45) is 0 Å². The molecule has 14 heteroatoms. The summed E-state index contributed by atoms with van der Waals surface area (Å²) >= 11 is 3.19. The largest absolute Gasteiger partial charge is 0.469 e. The zero-order valence-electron chi connectivity index (χ0n) is 11.8. The van der Waals surface area contributed by atoms with Crippen LogP contribution in [0.15, 0.2) is 10.9 Å². The highest BCUT2D eigenvalue weighted by molar-refractivity contribution is 9.10. The van der Waals surface area contributed by atoms with Crippen molar-refractivity contribution < 1.29 is 33.8 Å². The van der Waals surface area contributed by atoms with Crippen molar-refractivity contribution in [1.82, 2.24) is 19.5 Å². The number of nitrogen functional groups attached to an aromatic ring is 1. The number of phosphoric acid groups is 1. The second kappa shape index (κ2) is 6.28. The number of halogens is 1. The number of aliphatic hydroxyl groups is 2. The summed E-state index contributed by atoms with van der Waals surface area (Å²) in [4.78, 5) is 29.4. The molecule has 0 spiro atoms. The Kier molecular flexibility index (Phi) is 4.61. The molecule has 0 bridgehead atoms. The first kappa shape index (κ1) is 17.6. The fourth-order valence-corrected chi connectivity index (χ4v) is 3.15. The smallest absolute Gasteiger partial charge is 0.387 e. The van der Waals surface area contributed by atoms with E-state index < -0.39 is 39.0 Å². The summed E-state index contributed by atoms with van der Waals surface area (Å²) in [5.41, 5.74) is 6.20. The molecule has 3 rings (SSSR count). The van der Waals surface area contributed by atoms with E-state index in [0.717, 1.165) is 0 Å². The third-order valence-corrected chi connectivity index (χ3v) is 4.45. The van der Waals surface area contributed by atoms with E-state index in [1.807, 2.05) is 0 Å². The number of ether oxygens (including phenoxy) is 1.